The first kappa shape index (κ1) is 22.6. The Balaban J connectivity index is 1.27. The van der Waals surface area contributed by atoms with E-state index in [1.165, 1.54) is 6.33 Å². The van der Waals surface area contributed by atoms with Crippen molar-refractivity contribution in [3.8, 4) is 23.1 Å². The van der Waals surface area contributed by atoms with Gasteiger partial charge in [-0.25, -0.2) is 19.4 Å². The standard InChI is InChI=1S/C26H27N5O4/c1-18(2)33-26(32)30-14-12-19(13-15-30)31-24-23(16-29-31)25(28-17-27-24)35-22-10-8-21(9-11-22)34-20-6-4-3-5-7-20/h3-11,16-19H,12-15H2,1-2H3. The summed E-state index contributed by atoms with van der Waals surface area (Å²) in [6.45, 7) is 4.94. The molecule has 3 heterocycles. The maximum Gasteiger partial charge on any atom is 0.410 e. The molecule has 9 nitrogen and oxygen atoms in total. The van der Waals surface area contributed by atoms with Gasteiger partial charge in [-0.05, 0) is 63.1 Å². The molecular formula is C26H27N5O4. The zero-order valence-corrected chi connectivity index (χ0v) is 19.7. The number of amides is 1. The molecule has 1 fully saturated rings. The van der Waals surface area contributed by atoms with Gasteiger partial charge in [0.1, 0.15) is 29.0 Å². The Morgan fingerprint density at radius 1 is 0.914 bits per heavy atom. The van der Waals surface area contributed by atoms with E-state index in [2.05, 4.69) is 15.1 Å². The van der Waals surface area contributed by atoms with Crippen LogP contribution in [0.25, 0.3) is 11.0 Å². The Morgan fingerprint density at radius 2 is 1.57 bits per heavy atom. The number of fused-ring (bicyclic) bond motifs is 1. The Kier molecular flexibility index (Phi) is 6.47. The smallest absolute Gasteiger partial charge is 0.410 e. The molecule has 35 heavy (non-hydrogen) atoms. The van der Waals surface area contributed by atoms with E-state index < -0.39 is 0 Å². The van der Waals surface area contributed by atoms with Gasteiger partial charge in [-0.2, -0.15) is 5.10 Å². The predicted molar refractivity (Wildman–Crippen MR) is 130 cm³/mol. The minimum absolute atomic E-state index is 0.127. The molecular weight excluding hydrogens is 446 g/mol. The van der Waals surface area contributed by atoms with Crippen LogP contribution in [0.2, 0.25) is 0 Å². The van der Waals surface area contributed by atoms with Crippen molar-refractivity contribution in [1.82, 2.24) is 24.6 Å². The molecule has 0 spiro atoms. The number of hydrogen-bond acceptors (Lipinski definition) is 7. The molecule has 1 aliphatic rings. The van der Waals surface area contributed by atoms with Gasteiger partial charge in [-0.3, -0.25) is 0 Å². The molecule has 0 saturated carbocycles. The molecule has 0 aliphatic carbocycles. The summed E-state index contributed by atoms with van der Waals surface area (Å²) in [6.07, 6.45) is 4.37. The number of hydrogen-bond donors (Lipinski definition) is 0. The molecule has 180 valence electrons. The first-order valence-corrected chi connectivity index (χ1v) is 11.7. The average molecular weight is 474 g/mol. The number of benzene rings is 2. The number of aromatic nitrogens is 4. The van der Waals surface area contributed by atoms with Crippen molar-refractivity contribution in [3.05, 3.63) is 67.1 Å². The van der Waals surface area contributed by atoms with Crippen LogP contribution in [0.5, 0.6) is 23.1 Å². The molecule has 2 aromatic heterocycles. The van der Waals surface area contributed by atoms with Gasteiger partial charge in [0, 0.05) is 13.1 Å². The molecule has 1 amide bonds. The van der Waals surface area contributed by atoms with E-state index in [0.29, 0.717) is 36.1 Å². The summed E-state index contributed by atoms with van der Waals surface area (Å²) in [7, 11) is 0. The normalized spacial score (nSPS) is 14.3. The SMILES string of the molecule is CC(C)OC(=O)N1CCC(n2ncc3c(Oc4ccc(Oc5ccccc5)cc4)ncnc32)CC1. The summed E-state index contributed by atoms with van der Waals surface area (Å²) in [4.78, 5) is 22.7. The molecule has 1 saturated heterocycles. The number of ether oxygens (including phenoxy) is 3. The summed E-state index contributed by atoms with van der Waals surface area (Å²) in [6, 6.07) is 17.1. The highest BCUT2D eigenvalue weighted by molar-refractivity contribution is 5.80. The van der Waals surface area contributed by atoms with Crippen molar-refractivity contribution in [1.29, 1.82) is 0 Å². The third kappa shape index (κ3) is 5.18. The van der Waals surface area contributed by atoms with Crippen molar-refractivity contribution in [2.45, 2.75) is 38.8 Å². The molecule has 0 N–H and O–H groups in total. The second-order valence-electron chi connectivity index (χ2n) is 8.64. The second-order valence-corrected chi connectivity index (χ2v) is 8.64. The zero-order chi connectivity index (χ0) is 24.2. The van der Waals surface area contributed by atoms with Crippen LogP contribution in [-0.2, 0) is 4.74 Å². The van der Waals surface area contributed by atoms with Gasteiger partial charge in [-0.15, -0.1) is 0 Å². The van der Waals surface area contributed by atoms with Gasteiger partial charge < -0.3 is 19.1 Å². The first-order chi connectivity index (χ1) is 17.1. The first-order valence-electron chi connectivity index (χ1n) is 11.7. The van der Waals surface area contributed by atoms with E-state index in [9.17, 15) is 4.79 Å². The van der Waals surface area contributed by atoms with Crippen LogP contribution in [0.3, 0.4) is 0 Å². The topological polar surface area (TPSA) is 91.6 Å². The van der Waals surface area contributed by atoms with E-state index in [1.807, 2.05) is 73.1 Å². The summed E-state index contributed by atoms with van der Waals surface area (Å²) >= 11 is 0. The van der Waals surface area contributed by atoms with Crippen LogP contribution in [0.1, 0.15) is 32.7 Å². The fourth-order valence-electron chi connectivity index (χ4n) is 4.07. The van der Waals surface area contributed by atoms with Crippen LogP contribution < -0.4 is 9.47 Å². The monoisotopic (exact) mass is 473 g/mol. The van der Waals surface area contributed by atoms with Crippen molar-refractivity contribution < 1.29 is 19.0 Å². The highest BCUT2D eigenvalue weighted by Crippen LogP contribution is 2.32. The number of nitrogens with zero attached hydrogens (tertiary/aromatic N) is 5. The van der Waals surface area contributed by atoms with Crippen LogP contribution in [-0.4, -0.2) is 49.9 Å². The Hall–Kier alpha value is -4.14. The molecule has 1 aliphatic heterocycles. The quantitative estimate of drug-likeness (QED) is 0.360. The molecule has 0 atom stereocenters. The fraction of sp³-hybridized carbons (Fsp3) is 0.308. The van der Waals surface area contributed by atoms with Gasteiger partial charge in [0.05, 0.1) is 18.3 Å². The number of rotatable bonds is 6. The van der Waals surface area contributed by atoms with Crippen molar-refractivity contribution in [3.63, 3.8) is 0 Å². The summed E-state index contributed by atoms with van der Waals surface area (Å²) in [5.74, 6) is 2.56. The van der Waals surface area contributed by atoms with E-state index in [-0.39, 0.29) is 18.2 Å². The lowest BCUT2D eigenvalue weighted by Gasteiger charge is -2.31. The van der Waals surface area contributed by atoms with Crippen LogP contribution >= 0.6 is 0 Å². The molecule has 4 aromatic rings. The lowest BCUT2D eigenvalue weighted by molar-refractivity contribution is 0.0656. The number of likely N-dealkylation sites (tertiary alicyclic amines) is 1. The Morgan fingerprint density at radius 3 is 2.26 bits per heavy atom. The van der Waals surface area contributed by atoms with Crippen LogP contribution in [0, 0.1) is 0 Å². The minimum atomic E-state index is -0.262. The van der Waals surface area contributed by atoms with Crippen LogP contribution in [0.15, 0.2) is 67.1 Å². The summed E-state index contributed by atoms with van der Waals surface area (Å²) in [5.41, 5.74) is 0.710. The van der Waals surface area contributed by atoms with Gasteiger partial charge >= 0.3 is 6.09 Å². The van der Waals surface area contributed by atoms with Gasteiger partial charge in [0.25, 0.3) is 0 Å². The number of piperidine rings is 1. The summed E-state index contributed by atoms with van der Waals surface area (Å²) in [5, 5.41) is 5.31. The molecule has 0 bridgehead atoms. The van der Waals surface area contributed by atoms with Gasteiger partial charge in [0.2, 0.25) is 5.88 Å². The molecule has 9 heteroatoms. The Bertz CT molecular complexity index is 1280. The van der Waals surface area contributed by atoms with Crippen LogP contribution in [0.4, 0.5) is 4.79 Å². The Labute approximate surface area is 203 Å². The van der Waals surface area contributed by atoms with E-state index in [4.69, 9.17) is 14.2 Å². The van der Waals surface area contributed by atoms with E-state index in [0.717, 1.165) is 24.0 Å². The average Bonchev–Trinajstić information content (AvgIpc) is 3.31. The molecule has 0 unspecified atom stereocenters. The second kappa shape index (κ2) is 10.0. The van der Waals surface area contributed by atoms with E-state index >= 15 is 0 Å². The summed E-state index contributed by atoms with van der Waals surface area (Å²) < 4.78 is 19.1. The van der Waals surface area contributed by atoms with E-state index in [1.54, 1.807) is 11.1 Å². The predicted octanol–water partition coefficient (Wildman–Crippen LogP) is 5.59. The lowest BCUT2D eigenvalue weighted by atomic mass is 10.1. The number of carbonyl (C=O) groups is 1. The number of carbonyl (C=O) groups excluding carboxylic acids is 1. The molecule has 2 aromatic carbocycles. The minimum Gasteiger partial charge on any atom is -0.457 e. The molecule has 5 rings (SSSR count). The third-order valence-electron chi connectivity index (χ3n) is 5.78. The number of para-hydroxylation sites is 1. The fourth-order valence-corrected chi connectivity index (χ4v) is 4.07. The molecule has 0 radical (unpaired) electrons. The third-order valence-corrected chi connectivity index (χ3v) is 5.78. The lowest BCUT2D eigenvalue weighted by Crippen LogP contribution is -2.40. The largest absolute Gasteiger partial charge is 0.457 e. The van der Waals surface area contributed by atoms with Crippen molar-refractivity contribution in [2.24, 2.45) is 0 Å². The highest BCUT2D eigenvalue weighted by atomic mass is 16.6. The van der Waals surface area contributed by atoms with Crippen molar-refractivity contribution in [2.75, 3.05) is 13.1 Å². The van der Waals surface area contributed by atoms with Crippen molar-refractivity contribution >= 4 is 17.1 Å². The van der Waals surface area contributed by atoms with Gasteiger partial charge in [0.15, 0.2) is 5.65 Å². The van der Waals surface area contributed by atoms with Gasteiger partial charge in [-0.1, -0.05) is 18.2 Å². The maximum absolute atomic E-state index is 12.2. The highest BCUT2D eigenvalue weighted by Gasteiger charge is 2.27. The maximum atomic E-state index is 12.2. The zero-order valence-electron chi connectivity index (χ0n) is 19.7.